The van der Waals surface area contributed by atoms with Gasteiger partial charge in [0.2, 0.25) is 0 Å². The van der Waals surface area contributed by atoms with Gasteiger partial charge in [0, 0.05) is 41.9 Å². The van der Waals surface area contributed by atoms with Gasteiger partial charge in [0.25, 0.3) is 0 Å². The maximum absolute atomic E-state index is 15.6. The fraction of sp³-hybridized carbons (Fsp3) is 0.500. The molecule has 0 saturated carbocycles. The SMILES string of the molecule is COc1ccc2ncc(Cl)c([C@@H](F)CCC3(CO)CCN(CCCSc4cnccn4)CC3)c2c1. The summed E-state index contributed by atoms with van der Waals surface area (Å²) in [6, 6.07) is 5.42. The number of pyridine rings is 1. The monoisotopic (exact) mass is 518 g/mol. The molecule has 3 heterocycles. The lowest BCUT2D eigenvalue weighted by atomic mass is 9.74. The first-order valence-corrected chi connectivity index (χ1v) is 13.4. The van der Waals surface area contributed by atoms with Gasteiger partial charge in [0.15, 0.2) is 0 Å². The Hall–Kier alpha value is -2.00. The van der Waals surface area contributed by atoms with Crippen LogP contribution in [-0.4, -0.2) is 64.1 Å². The number of aliphatic hydroxyl groups is 1. The third kappa shape index (κ3) is 6.61. The maximum Gasteiger partial charge on any atom is 0.127 e. The molecule has 1 N–H and O–H groups in total. The first-order chi connectivity index (χ1) is 17.0. The van der Waals surface area contributed by atoms with Gasteiger partial charge in [-0.15, -0.1) is 11.8 Å². The van der Waals surface area contributed by atoms with Gasteiger partial charge in [-0.1, -0.05) is 11.6 Å². The smallest absolute Gasteiger partial charge is 0.127 e. The number of halogens is 2. The highest BCUT2D eigenvalue weighted by Crippen LogP contribution is 2.41. The van der Waals surface area contributed by atoms with Gasteiger partial charge < -0.3 is 14.7 Å². The summed E-state index contributed by atoms with van der Waals surface area (Å²) in [5, 5.41) is 12.2. The number of hydrogen-bond acceptors (Lipinski definition) is 7. The number of alkyl halides is 1. The Morgan fingerprint density at radius 3 is 2.77 bits per heavy atom. The van der Waals surface area contributed by atoms with Crippen molar-refractivity contribution < 1.29 is 14.2 Å². The molecule has 2 aromatic heterocycles. The standard InChI is InChI=1S/C26H32ClFN4O2S/c1-34-19-3-4-23-20(15-19)25(21(27)16-31-23)22(28)5-6-26(18-33)7-12-32(13-8-26)11-2-14-35-24-17-29-9-10-30-24/h3-4,9-10,15-17,22,33H,2,5-8,11-14,18H2,1H3/t22-/m0/s1. The topological polar surface area (TPSA) is 71.4 Å². The summed E-state index contributed by atoms with van der Waals surface area (Å²) in [5.41, 5.74) is 0.902. The molecule has 3 aromatic rings. The van der Waals surface area contributed by atoms with Gasteiger partial charge in [0.1, 0.15) is 16.9 Å². The van der Waals surface area contributed by atoms with Crippen molar-refractivity contribution in [1.82, 2.24) is 19.9 Å². The fourth-order valence-electron chi connectivity index (χ4n) is 4.75. The normalized spacial score (nSPS) is 16.9. The number of thioether (sulfide) groups is 1. The number of fused-ring (bicyclic) bond motifs is 1. The number of ether oxygens (including phenoxy) is 1. The van der Waals surface area contributed by atoms with E-state index in [9.17, 15) is 5.11 Å². The molecule has 4 rings (SSSR count). The number of piperidine rings is 1. The van der Waals surface area contributed by atoms with E-state index >= 15 is 4.39 Å². The van der Waals surface area contributed by atoms with E-state index in [2.05, 4.69) is 19.9 Å². The predicted molar refractivity (Wildman–Crippen MR) is 139 cm³/mol. The Labute approximate surface area is 215 Å². The van der Waals surface area contributed by atoms with Gasteiger partial charge in [-0.25, -0.2) is 9.37 Å². The molecule has 188 valence electrons. The van der Waals surface area contributed by atoms with Crippen LogP contribution in [0.3, 0.4) is 0 Å². The number of benzene rings is 1. The zero-order valence-electron chi connectivity index (χ0n) is 20.0. The summed E-state index contributed by atoms with van der Waals surface area (Å²) < 4.78 is 20.9. The van der Waals surface area contributed by atoms with Crippen LogP contribution in [0.25, 0.3) is 10.9 Å². The minimum absolute atomic E-state index is 0.0781. The third-order valence-electron chi connectivity index (χ3n) is 6.97. The zero-order chi connectivity index (χ0) is 24.7. The van der Waals surface area contributed by atoms with E-state index in [1.807, 2.05) is 12.1 Å². The molecule has 1 saturated heterocycles. The first-order valence-electron chi connectivity index (χ1n) is 12.0. The summed E-state index contributed by atoms with van der Waals surface area (Å²) in [6.45, 7) is 2.93. The van der Waals surface area contributed by atoms with Crippen molar-refractivity contribution in [3.05, 3.63) is 53.6 Å². The van der Waals surface area contributed by atoms with Crippen molar-refractivity contribution in [2.24, 2.45) is 5.41 Å². The molecule has 1 aliphatic rings. The van der Waals surface area contributed by atoms with Crippen molar-refractivity contribution in [2.45, 2.75) is 43.3 Å². The summed E-state index contributed by atoms with van der Waals surface area (Å²) in [5.74, 6) is 1.64. The van der Waals surface area contributed by atoms with Crippen LogP contribution in [-0.2, 0) is 0 Å². The van der Waals surface area contributed by atoms with Crippen LogP contribution in [0.2, 0.25) is 5.02 Å². The molecule has 1 aliphatic heterocycles. The van der Waals surface area contributed by atoms with Crippen LogP contribution < -0.4 is 4.74 Å². The van der Waals surface area contributed by atoms with Gasteiger partial charge in [-0.05, 0) is 75.4 Å². The van der Waals surface area contributed by atoms with E-state index < -0.39 is 6.17 Å². The lowest BCUT2D eigenvalue weighted by molar-refractivity contribution is 0.0304. The van der Waals surface area contributed by atoms with Crippen LogP contribution >= 0.6 is 23.4 Å². The molecule has 0 aliphatic carbocycles. The van der Waals surface area contributed by atoms with Crippen LogP contribution in [0, 0.1) is 5.41 Å². The summed E-state index contributed by atoms with van der Waals surface area (Å²) in [6.07, 6.45) is 9.19. The quantitative estimate of drug-likeness (QED) is 0.256. The second kappa shape index (κ2) is 12.3. The summed E-state index contributed by atoms with van der Waals surface area (Å²) in [7, 11) is 1.58. The molecule has 1 fully saturated rings. The predicted octanol–water partition coefficient (Wildman–Crippen LogP) is 5.73. The van der Waals surface area contributed by atoms with Gasteiger partial charge in [-0.2, -0.15) is 0 Å². The number of likely N-dealkylation sites (tertiary alicyclic amines) is 1. The zero-order valence-corrected chi connectivity index (χ0v) is 21.6. The molecule has 6 nitrogen and oxygen atoms in total. The number of aromatic nitrogens is 3. The van der Waals surface area contributed by atoms with Crippen molar-refractivity contribution >= 4 is 34.3 Å². The summed E-state index contributed by atoms with van der Waals surface area (Å²) >= 11 is 8.12. The van der Waals surface area contributed by atoms with E-state index in [1.54, 1.807) is 43.5 Å². The van der Waals surface area contributed by atoms with Crippen LogP contribution in [0.1, 0.15) is 43.8 Å². The maximum atomic E-state index is 15.6. The largest absolute Gasteiger partial charge is 0.497 e. The molecule has 0 bridgehead atoms. The van der Waals surface area contributed by atoms with Crippen molar-refractivity contribution in [3.8, 4) is 5.75 Å². The molecule has 35 heavy (non-hydrogen) atoms. The first kappa shape index (κ1) is 26.1. The summed E-state index contributed by atoms with van der Waals surface area (Å²) in [4.78, 5) is 15.2. The Bertz CT molecular complexity index is 1100. The second-order valence-electron chi connectivity index (χ2n) is 9.15. The van der Waals surface area contributed by atoms with Gasteiger partial charge >= 0.3 is 0 Å². The van der Waals surface area contributed by atoms with Crippen molar-refractivity contribution in [2.75, 3.05) is 39.1 Å². The molecule has 0 unspecified atom stereocenters. The molecular weight excluding hydrogens is 487 g/mol. The lowest BCUT2D eigenvalue weighted by Crippen LogP contribution is -2.42. The molecular formula is C26H32ClFN4O2S. The highest BCUT2D eigenvalue weighted by molar-refractivity contribution is 7.99. The minimum atomic E-state index is -1.24. The minimum Gasteiger partial charge on any atom is -0.497 e. The Kier molecular flexibility index (Phi) is 9.16. The number of methoxy groups -OCH3 is 1. The highest BCUT2D eigenvalue weighted by Gasteiger charge is 2.35. The average molecular weight is 519 g/mol. The van der Waals surface area contributed by atoms with Crippen molar-refractivity contribution in [1.29, 1.82) is 0 Å². The average Bonchev–Trinajstić information content (AvgIpc) is 2.90. The Morgan fingerprint density at radius 2 is 2.06 bits per heavy atom. The van der Waals surface area contributed by atoms with E-state index in [1.165, 1.54) is 6.20 Å². The Balaban J connectivity index is 1.30. The molecule has 0 amide bonds. The fourth-order valence-corrected chi connectivity index (χ4v) is 5.78. The molecule has 0 radical (unpaired) electrons. The number of hydrogen-bond donors (Lipinski definition) is 1. The Morgan fingerprint density at radius 1 is 1.23 bits per heavy atom. The van der Waals surface area contributed by atoms with E-state index in [0.717, 1.165) is 49.7 Å². The number of rotatable bonds is 11. The lowest BCUT2D eigenvalue weighted by Gasteiger charge is -2.41. The van der Waals surface area contributed by atoms with Crippen LogP contribution in [0.5, 0.6) is 5.75 Å². The highest BCUT2D eigenvalue weighted by atomic mass is 35.5. The van der Waals surface area contributed by atoms with Gasteiger partial charge in [-0.3, -0.25) is 9.97 Å². The van der Waals surface area contributed by atoms with E-state index in [-0.39, 0.29) is 12.0 Å². The molecule has 1 atom stereocenters. The third-order valence-corrected chi connectivity index (χ3v) is 8.27. The number of nitrogens with zero attached hydrogens (tertiary/aromatic N) is 4. The van der Waals surface area contributed by atoms with Crippen LogP contribution in [0.15, 0.2) is 48.0 Å². The molecule has 1 aromatic carbocycles. The van der Waals surface area contributed by atoms with Crippen molar-refractivity contribution in [3.63, 3.8) is 0 Å². The second-order valence-corrected chi connectivity index (χ2v) is 10.7. The van der Waals surface area contributed by atoms with Crippen LogP contribution in [0.4, 0.5) is 4.39 Å². The van der Waals surface area contributed by atoms with Gasteiger partial charge in [0.05, 0.1) is 23.8 Å². The molecule has 0 spiro atoms. The van der Waals surface area contributed by atoms with E-state index in [4.69, 9.17) is 16.3 Å². The number of aliphatic hydroxyl groups excluding tert-OH is 1. The van der Waals surface area contributed by atoms with E-state index in [0.29, 0.717) is 40.1 Å². The molecule has 9 heteroatoms.